The van der Waals surface area contributed by atoms with Gasteiger partial charge >= 0.3 is 12.1 Å². The zero-order chi connectivity index (χ0) is 30.4. The first-order chi connectivity index (χ1) is 20.0. The van der Waals surface area contributed by atoms with Crippen molar-refractivity contribution in [3.05, 3.63) is 35.2 Å². The average Bonchev–Trinajstić information content (AvgIpc) is 3.29. The maximum absolute atomic E-state index is 13.5. The zero-order valence-corrected chi connectivity index (χ0v) is 25.2. The van der Waals surface area contributed by atoms with E-state index >= 15 is 0 Å². The molecule has 2 aromatic rings. The van der Waals surface area contributed by atoms with Crippen LogP contribution in [0.4, 0.5) is 21.0 Å². The SMILES string of the molecule is Cc1noc(C)c1NC(=O)Nc1ccc2c(c1)CC(=O)N([C@@H](C)CO)C[C@@H](C)[C@H](CN(C)C(=O)NC1CCCCC1)O2. The number of urea groups is 2. The molecule has 42 heavy (non-hydrogen) atoms. The van der Waals surface area contributed by atoms with Crippen LogP contribution in [0.3, 0.4) is 0 Å². The predicted octanol–water partition coefficient (Wildman–Crippen LogP) is 4.06. The maximum Gasteiger partial charge on any atom is 0.323 e. The van der Waals surface area contributed by atoms with Gasteiger partial charge in [0.15, 0.2) is 5.76 Å². The normalized spacial score (nSPS) is 20.3. The summed E-state index contributed by atoms with van der Waals surface area (Å²) >= 11 is 0. The van der Waals surface area contributed by atoms with E-state index in [0.29, 0.717) is 47.2 Å². The molecule has 1 saturated carbocycles. The molecule has 1 aliphatic heterocycles. The van der Waals surface area contributed by atoms with Crippen molar-refractivity contribution in [1.82, 2.24) is 20.3 Å². The first-order valence-electron chi connectivity index (χ1n) is 14.8. The molecule has 1 aliphatic carbocycles. The van der Waals surface area contributed by atoms with Crippen LogP contribution >= 0.6 is 0 Å². The minimum atomic E-state index is -0.479. The van der Waals surface area contributed by atoms with Crippen molar-refractivity contribution >= 4 is 29.3 Å². The lowest BCUT2D eigenvalue weighted by Gasteiger charge is -2.34. The van der Waals surface area contributed by atoms with Crippen LogP contribution in [0.1, 0.15) is 63.0 Å². The van der Waals surface area contributed by atoms with Gasteiger partial charge in [-0.25, -0.2) is 9.59 Å². The topological polar surface area (TPSA) is 149 Å². The van der Waals surface area contributed by atoms with E-state index in [0.717, 1.165) is 25.7 Å². The maximum atomic E-state index is 13.5. The van der Waals surface area contributed by atoms with Gasteiger partial charge in [0.05, 0.1) is 25.6 Å². The number of hydrogen-bond donors (Lipinski definition) is 4. The Kier molecular flexibility index (Phi) is 10.3. The standard InChI is InChI=1S/C30H44N6O6/c1-18-15-36(19(2)17-37)27(38)14-22-13-24(31-29(39)33-28-20(3)34-42-21(28)4)11-12-25(22)41-26(18)16-35(5)30(40)32-23-9-7-6-8-10-23/h11-13,18-19,23,26,37H,6-10,14-17H2,1-5H3,(H,32,40)(H2,31,33,39)/t18-,19+,26+/m1/s1. The number of aliphatic hydroxyl groups is 1. The molecule has 12 nitrogen and oxygen atoms in total. The smallest absolute Gasteiger partial charge is 0.323 e. The number of rotatable bonds is 7. The number of aromatic nitrogens is 1. The van der Waals surface area contributed by atoms with Crippen LogP contribution in [0.2, 0.25) is 0 Å². The fraction of sp³-hybridized carbons (Fsp3) is 0.600. The van der Waals surface area contributed by atoms with Crippen molar-refractivity contribution < 1.29 is 28.8 Å². The third-order valence-electron chi connectivity index (χ3n) is 8.18. The van der Waals surface area contributed by atoms with Crippen LogP contribution < -0.4 is 20.7 Å². The highest BCUT2D eigenvalue weighted by atomic mass is 16.5. The van der Waals surface area contributed by atoms with E-state index in [1.165, 1.54) is 6.42 Å². The highest BCUT2D eigenvalue weighted by molar-refractivity contribution is 6.00. The molecule has 1 aromatic heterocycles. The molecule has 0 unspecified atom stereocenters. The summed E-state index contributed by atoms with van der Waals surface area (Å²) in [6.45, 7) is 7.74. The second-order valence-corrected chi connectivity index (χ2v) is 11.7. The van der Waals surface area contributed by atoms with E-state index in [-0.39, 0.29) is 36.9 Å². The van der Waals surface area contributed by atoms with Gasteiger partial charge in [-0.1, -0.05) is 31.3 Å². The molecule has 0 spiro atoms. The molecule has 4 rings (SSSR count). The van der Waals surface area contributed by atoms with Crippen molar-refractivity contribution in [2.75, 3.05) is 37.4 Å². The summed E-state index contributed by atoms with van der Waals surface area (Å²) in [5.74, 6) is 0.704. The van der Waals surface area contributed by atoms with Crippen LogP contribution in [-0.4, -0.2) is 83.0 Å². The molecule has 2 heterocycles. The van der Waals surface area contributed by atoms with Crippen LogP contribution in [0.5, 0.6) is 5.75 Å². The molecule has 12 heteroatoms. The minimum absolute atomic E-state index is 0.0259. The van der Waals surface area contributed by atoms with Gasteiger partial charge in [0.25, 0.3) is 0 Å². The number of ether oxygens (including phenoxy) is 1. The van der Waals surface area contributed by atoms with Crippen molar-refractivity contribution in [3.63, 3.8) is 0 Å². The number of nitrogens with zero attached hydrogens (tertiary/aromatic N) is 3. The number of nitrogens with one attached hydrogen (secondary N) is 3. The van der Waals surface area contributed by atoms with Crippen LogP contribution in [0.15, 0.2) is 22.7 Å². The number of aryl methyl sites for hydroxylation is 2. The molecule has 1 aromatic carbocycles. The molecular formula is C30H44N6O6. The summed E-state index contributed by atoms with van der Waals surface area (Å²) in [6.07, 6.45) is 5.04. The first-order valence-corrected chi connectivity index (χ1v) is 14.8. The molecule has 230 valence electrons. The van der Waals surface area contributed by atoms with Crippen molar-refractivity contribution in [3.8, 4) is 5.75 Å². The Hall–Kier alpha value is -3.80. The van der Waals surface area contributed by atoms with Crippen LogP contribution in [-0.2, 0) is 11.2 Å². The Bertz CT molecular complexity index is 1240. The number of carbonyl (C=O) groups excluding carboxylic acids is 3. The summed E-state index contributed by atoms with van der Waals surface area (Å²) in [4.78, 5) is 42.6. The Morgan fingerprint density at radius 3 is 2.60 bits per heavy atom. The van der Waals surface area contributed by atoms with Crippen molar-refractivity contribution in [2.45, 2.75) is 84.4 Å². The zero-order valence-electron chi connectivity index (χ0n) is 25.2. The van der Waals surface area contributed by atoms with Gasteiger partial charge < -0.3 is 40.1 Å². The summed E-state index contributed by atoms with van der Waals surface area (Å²) in [5, 5.41) is 22.4. The molecule has 1 fully saturated rings. The number of benzene rings is 1. The van der Waals surface area contributed by atoms with Gasteiger partial charge in [-0.2, -0.15) is 0 Å². The predicted molar refractivity (Wildman–Crippen MR) is 159 cm³/mol. The molecule has 5 amide bonds. The lowest BCUT2D eigenvalue weighted by atomic mass is 9.96. The van der Waals surface area contributed by atoms with Gasteiger partial charge in [0.1, 0.15) is 23.2 Å². The molecule has 4 N–H and O–H groups in total. The molecule has 3 atom stereocenters. The Labute approximate surface area is 247 Å². The number of likely N-dealkylation sites (N-methyl/N-ethyl adjacent to an activating group) is 1. The monoisotopic (exact) mass is 584 g/mol. The van der Waals surface area contributed by atoms with E-state index in [2.05, 4.69) is 21.1 Å². The second kappa shape index (κ2) is 13.9. The number of anilines is 2. The minimum Gasteiger partial charge on any atom is -0.488 e. The number of amides is 5. The van der Waals surface area contributed by atoms with E-state index in [1.807, 2.05) is 6.92 Å². The van der Waals surface area contributed by atoms with E-state index in [1.54, 1.807) is 55.8 Å². The summed E-state index contributed by atoms with van der Waals surface area (Å²) < 4.78 is 11.6. The van der Waals surface area contributed by atoms with Crippen molar-refractivity contribution in [2.24, 2.45) is 5.92 Å². The number of aliphatic hydroxyl groups excluding tert-OH is 1. The lowest BCUT2D eigenvalue weighted by molar-refractivity contribution is -0.134. The molecule has 0 bridgehead atoms. The Morgan fingerprint density at radius 2 is 1.93 bits per heavy atom. The van der Waals surface area contributed by atoms with Gasteiger partial charge in [0, 0.05) is 36.8 Å². The molecule has 2 aliphatic rings. The third-order valence-corrected chi connectivity index (χ3v) is 8.18. The van der Waals surface area contributed by atoms with Gasteiger partial charge in [-0.15, -0.1) is 0 Å². The van der Waals surface area contributed by atoms with E-state index < -0.39 is 18.2 Å². The number of carbonyl (C=O) groups is 3. The summed E-state index contributed by atoms with van der Waals surface area (Å²) in [7, 11) is 1.76. The highest BCUT2D eigenvalue weighted by Gasteiger charge is 2.32. The number of fused-ring (bicyclic) bond motifs is 1. The fourth-order valence-electron chi connectivity index (χ4n) is 5.55. The molecule has 0 radical (unpaired) electrons. The fourth-order valence-corrected chi connectivity index (χ4v) is 5.55. The van der Waals surface area contributed by atoms with Gasteiger partial charge in [-0.3, -0.25) is 4.79 Å². The van der Waals surface area contributed by atoms with E-state index in [9.17, 15) is 19.5 Å². The summed E-state index contributed by atoms with van der Waals surface area (Å²) in [5.41, 5.74) is 2.13. The van der Waals surface area contributed by atoms with Crippen LogP contribution in [0, 0.1) is 19.8 Å². The van der Waals surface area contributed by atoms with Crippen LogP contribution in [0.25, 0.3) is 0 Å². The van der Waals surface area contributed by atoms with Crippen molar-refractivity contribution in [1.29, 1.82) is 0 Å². The largest absolute Gasteiger partial charge is 0.488 e. The Morgan fingerprint density at radius 1 is 1.19 bits per heavy atom. The number of hydrogen-bond acceptors (Lipinski definition) is 7. The average molecular weight is 585 g/mol. The highest BCUT2D eigenvalue weighted by Crippen LogP contribution is 2.30. The third kappa shape index (κ3) is 7.72. The van der Waals surface area contributed by atoms with Gasteiger partial charge in [0.2, 0.25) is 5.91 Å². The van der Waals surface area contributed by atoms with Gasteiger partial charge in [-0.05, 0) is 51.8 Å². The molecular weight excluding hydrogens is 540 g/mol. The summed E-state index contributed by atoms with van der Waals surface area (Å²) in [6, 6.07) is 4.34. The lowest BCUT2D eigenvalue weighted by Crippen LogP contribution is -2.50. The molecule has 0 saturated heterocycles. The second-order valence-electron chi connectivity index (χ2n) is 11.7. The quantitative estimate of drug-likeness (QED) is 0.383. The first kappa shape index (κ1) is 31.1. The Balaban J connectivity index is 1.54. The van der Waals surface area contributed by atoms with E-state index in [4.69, 9.17) is 9.26 Å².